The number of hydrogen-bond donors (Lipinski definition) is 1. The second kappa shape index (κ2) is 6.74. The van der Waals surface area contributed by atoms with Gasteiger partial charge >= 0.3 is 0 Å². The minimum atomic E-state index is 0.450. The van der Waals surface area contributed by atoms with Gasteiger partial charge in [0.1, 0.15) is 0 Å². The summed E-state index contributed by atoms with van der Waals surface area (Å²) in [4.78, 5) is 0. The van der Waals surface area contributed by atoms with Crippen molar-refractivity contribution in [1.29, 1.82) is 0 Å². The molecule has 0 aliphatic carbocycles. The van der Waals surface area contributed by atoms with Crippen LogP contribution in [0.5, 0.6) is 0 Å². The number of likely N-dealkylation sites (N-methyl/N-ethyl adjacent to an activating group) is 1. The van der Waals surface area contributed by atoms with E-state index >= 15 is 0 Å². The highest BCUT2D eigenvalue weighted by Gasteiger charge is 2.12. The molecule has 1 unspecified atom stereocenters. The average Bonchev–Trinajstić information content (AvgIpc) is 2.38. The van der Waals surface area contributed by atoms with Gasteiger partial charge in [0.05, 0.1) is 0 Å². The van der Waals surface area contributed by atoms with Crippen LogP contribution in [0.2, 0.25) is 5.02 Å². The Morgan fingerprint density at radius 2 is 1.89 bits per heavy atom. The Labute approximate surface area is 120 Å². The van der Waals surface area contributed by atoms with Crippen LogP contribution in [0, 0.1) is 6.92 Å². The van der Waals surface area contributed by atoms with Gasteiger partial charge < -0.3 is 5.32 Å². The Morgan fingerprint density at radius 3 is 2.58 bits per heavy atom. The van der Waals surface area contributed by atoms with E-state index in [1.807, 2.05) is 19.2 Å². The van der Waals surface area contributed by atoms with Crippen LogP contribution < -0.4 is 5.32 Å². The molecule has 0 aromatic heterocycles. The summed E-state index contributed by atoms with van der Waals surface area (Å²) in [6.07, 6.45) is 1.03. The number of halogens is 1. The van der Waals surface area contributed by atoms with Crippen molar-refractivity contribution in [2.24, 2.45) is 0 Å². The van der Waals surface area contributed by atoms with Crippen molar-refractivity contribution in [3.8, 4) is 0 Å². The molecule has 0 bridgehead atoms. The molecule has 0 heterocycles. The van der Waals surface area contributed by atoms with E-state index in [1.54, 1.807) is 0 Å². The van der Waals surface area contributed by atoms with Crippen LogP contribution in [0.1, 0.15) is 22.6 Å². The first-order valence-electron chi connectivity index (χ1n) is 6.64. The van der Waals surface area contributed by atoms with Crippen molar-refractivity contribution in [1.82, 2.24) is 5.32 Å². The highest BCUT2D eigenvalue weighted by molar-refractivity contribution is 6.30. The molecular formula is C17H20ClN. The molecule has 0 saturated carbocycles. The molecule has 1 nitrogen and oxygen atoms in total. The van der Waals surface area contributed by atoms with Gasteiger partial charge in [-0.15, -0.1) is 0 Å². The van der Waals surface area contributed by atoms with Crippen molar-refractivity contribution < 1.29 is 0 Å². The smallest absolute Gasteiger partial charge is 0.0408 e. The Kier molecular flexibility index (Phi) is 5.00. The maximum atomic E-state index is 6.10. The van der Waals surface area contributed by atoms with Crippen LogP contribution in [0.3, 0.4) is 0 Å². The molecule has 2 aromatic rings. The van der Waals surface area contributed by atoms with Crippen molar-refractivity contribution in [2.75, 3.05) is 13.6 Å². The van der Waals surface area contributed by atoms with Gasteiger partial charge in [-0.1, -0.05) is 53.6 Å². The summed E-state index contributed by atoms with van der Waals surface area (Å²) in [5, 5.41) is 4.09. The Balaban J connectivity index is 2.21. The lowest BCUT2D eigenvalue weighted by Crippen LogP contribution is -2.19. The third-order valence-corrected chi connectivity index (χ3v) is 3.57. The molecule has 0 saturated heterocycles. The maximum absolute atomic E-state index is 6.10. The summed E-state index contributed by atoms with van der Waals surface area (Å²) in [6.45, 7) is 3.09. The number of benzene rings is 2. The predicted octanol–water partition coefficient (Wildman–Crippen LogP) is 4.19. The van der Waals surface area contributed by atoms with Crippen LogP contribution in [-0.4, -0.2) is 13.6 Å². The van der Waals surface area contributed by atoms with Crippen molar-refractivity contribution in [3.05, 3.63) is 70.2 Å². The van der Waals surface area contributed by atoms with Gasteiger partial charge in [0.2, 0.25) is 0 Å². The fourth-order valence-electron chi connectivity index (χ4n) is 2.44. The van der Waals surface area contributed by atoms with Gasteiger partial charge in [-0.3, -0.25) is 0 Å². The highest BCUT2D eigenvalue weighted by Crippen LogP contribution is 2.23. The zero-order valence-corrected chi connectivity index (χ0v) is 12.2. The van der Waals surface area contributed by atoms with E-state index in [0.717, 1.165) is 18.0 Å². The molecule has 0 spiro atoms. The van der Waals surface area contributed by atoms with Gasteiger partial charge in [-0.05, 0) is 43.7 Å². The van der Waals surface area contributed by atoms with Crippen LogP contribution in [0.4, 0.5) is 0 Å². The summed E-state index contributed by atoms with van der Waals surface area (Å²) in [7, 11) is 1.99. The predicted molar refractivity (Wildman–Crippen MR) is 83.0 cm³/mol. The summed E-state index contributed by atoms with van der Waals surface area (Å²) in [6, 6.07) is 16.9. The van der Waals surface area contributed by atoms with Gasteiger partial charge in [0.25, 0.3) is 0 Å². The SMILES string of the molecule is CNCC(Cc1cccc(C)c1)c1cccc(Cl)c1. The van der Waals surface area contributed by atoms with Crippen molar-refractivity contribution in [2.45, 2.75) is 19.3 Å². The molecule has 0 aliphatic heterocycles. The molecule has 0 aliphatic rings. The number of hydrogen-bond acceptors (Lipinski definition) is 1. The number of rotatable bonds is 5. The molecule has 1 atom stereocenters. The Bertz CT molecular complexity index is 536. The third-order valence-electron chi connectivity index (χ3n) is 3.34. The van der Waals surface area contributed by atoms with E-state index in [-0.39, 0.29) is 0 Å². The van der Waals surface area contributed by atoms with Crippen molar-refractivity contribution in [3.63, 3.8) is 0 Å². The van der Waals surface area contributed by atoms with Crippen LogP contribution >= 0.6 is 11.6 Å². The first kappa shape index (κ1) is 14.1. The highest BCUT2D eigenvalue weighted by atomic mass is 35.5. The normalized spacial score (nSPS) is 12.4. The molecule has 1 N–H and O–H groups in total. The fraction of sp³-hybridized carbons (Fsp3) is 0.294. The fourth-order valence-corrected chi connectivity index (χ4v) is 2.64. The topological polar surface area (TPSA) is 12.0 Å². The van der Waals surface area contributed by atoms with E-state index in [0.29, 0.717) is 5.92 Å². The molecular weight excluding hydrogens is 254 g/mol. The second-order valence-corrected chi connectivity index (χ2v) is 5.44. The minimum Gasteiger partial charge on any atom is -0.319 e. The van der Waals surface area contributed by atoms with Gasteiger partial charge in [-0.2, -0.15) is 0 Å². The number of nitrogens with one attached hydrogen (secondary N) is 1. The first-order chi connectivity index (χ1) is 9.19. The van der Waals surface area contributed by atoms with E-state index in [9.17, 15) is 0 Å². The monoisotopic (exact) mass is 273 g/mol. The lowest BCUT2D eigenvalue weighted by Gasteiger charge is -2.18. The molecule has 0 amide bonds. The zero-order chi connectivity index (χ0) is 13.7. The average molecular weight is 274 g/mol. The second-order valence-electron chi connectivity index (χ2n) is 5.00. The summed E-state index contributed by atoms with van der Waals surface area (Å²) in [5.74, 6) is 0.450. The van der Waals surface area contributed by atoms with E-state index in [2.05, 4.69) is 48.6 Å². The van der Waals surface area contributed by atoms with Gasteiger partial charge in [0.15, 0.2) is 0 Å². The largest absolute Gasteiger partial charge is 0.319 e. The summed E-state index contributed by atoms with van der Waals surface area (Å²) in [5.41, 5.74) is 3.98. The molecule has 0 fully saturated rings. The molecule has 2 heteroatoms. The van der Waals surface area contributed by atoms with E-state index in [1.165, 1.54) is 16.7 Å². The maximum Gasteiger partial charge on any atom is 0.0408 e. The lowest BCUT2D eigenvalue weighted by atomic mass is 9.91. The zero-order valence-electron chi connectivity index (χ0n) is 11.5. The Hall–Kier alpha value is -1.31. The molecule has 2 rings (SSSR count). The number of aryl methyl sites for hydroxylation is 1. The van der Waals surface area contributed by atoms with Gasteiger partial charge in [-0.25, -0.2) is 0 Å². The third kappa shape index (κ3) is 4.09. The van der Waals surface area contributed by atoms with E-state index in [4.69, 9.17) is 11.6 Å². The van der Waals surface area contributed by atoms with Crippen LogP contribution in [0.15, 0.2) is 48.5 Å². The van der Waals surface area contributed by atoms with Gasteiger partial charge in [0, 0.05) is 17.5 Å². The quantitative estimate of drug-likeness (QED) is 0.861. The molecule has 100 valence electrons. The first-order valence-corrected chi connectivity index (χ1v) is 7.02. The lowest BCUT2D eigenvalue weighted by molar-refractivity contribution is 0.625. The summed E-state index contributed by atoms with van der Waals surface area (Å²) < 4.78 is 0. The van der Waals surface area contributed by atoms with Crippen LogP contribution in [-0.2, 0) is 6.42 Å². The van der Waals surface area contributed by atoms with Crippen LogP contribution in [0.25, 0.3) is 0 Å². The molecule has 19 heavy (non-hydrogen) atoms. The minimum absolute atomic E-state index is 0.450. The molecule has 2 aromatic carbocycles. The van der Waals surface area contributed by atoms with Crippen molar-refractivity contribution >= 4 is 11.6 Å². The van der Waals surface area contributed by atoms with E-state index < -0.39 is 0 Å². The Morgan fingerprint density at radius 1 is 1.11 bits per heavy atom. The molecule has 0 radical (unpaired) electrons. The standard InChI is InChI=1S/C17H20ClN/c1-13-5-3-6-14(9-13)10-16(12-19-2)15-7-4-8-17(18)11-15/h3-9,11,16,19H,10,12H2,1-2H3. The summed E-state index contributed by atoms with van der Waals surface area (Å²) >= 11 is 6.10.